The van der Waals surface area contributed by atoms with Crippen molar-refractivity contribution in [2.24, 2.45) is 0 Å². The van der Waals surface area contributed by atoms with Gasteiger partial charge in [-0.05, 0) is 61.4 Å². The summed E-state index contributed by atoms with van der Waals surface area (Å²) in [5.41, 5.74) is 3.96. The molecule has 2 heterocycles. The number of methoxy groups -OCH3 is 1. The minimum atomic E-state index is -0.0652. The zero-order chi connectivity index (χ0) is 22.7. The Bertz CT molecular complexity index is 1310. The van der Waals surface area contributed by atoms with Crippen LogP contribution in [-0.2, 0) is 6.54 Å². The SMILES string of the molecule is CCCOc1ccc(Cn2c(=O)c(C)c(-c3ccc(O)cc3)[n+]3ccccc23)cc1OC. The van der Waals surface area contributed by atoms with E-state index in [-0.39, 0.29) is 11.3 Å². The molecule has 0 saturated heterocycles. The van der Waals surface area contributed by atoms with Crippen molar-refractivity contribution in [1.82, 2.24) is 4.57 Å². The van der Waals surface area contributed by atoms with Crippen LogP contribution in [0.15, 0.2) is 71.7 Å². The Kier molecular flexibility index (Phi) is 6.12. The molecule has 0 fully saturated rings. The van der Waals surface area contributed by atoms with E-state index in [9.17, 15) is 9.90 Å². The number of aromatic hydroxyl groups is 1. The first kappa shape index (κ1) is 21.4. The molecule has 0 radical (unpaired) electrons. The third kappa shape index (κ3) is 4.04. The third-order valence-corrected chi connectivity index (χ3v) is 5.45. The fraction of sp³-hybridized carbons (Fsp3) is 0.231. The predicted octanol–water partition coefficient (Wildman–Crippen LogP) is 4.11. The van der Waals surface area contributed by atoms with Gasteiger partial charge in [-0.25, -0.2) is 4.79 Å². The van der Waals surface area contributed by atoms with Crippen LogP contribution < -0.4 is 19.4 Å². The van der Waals surface area contributed by atoms with E-state index in [0.29, 0.717) is 30.2 Å². The second-order valence-electron chi connectivity index (χ2n) is 7.67. The van der Waals surface area contributed by atoms with Crippen LogP contribution in [0.5, 0.6) is 17.2 Å². The summed E-state index contributed by atoms with van der Waals surface area (Å²) < 4.78 is 15.0. The Balaban J connectivity index is 1.83. The van der Waals surface area contributed by atoms with Crippen molar-refractivity contribution in [1.29, 1.82) is 0 Å². The summed E-state index contributed by atoms with van der Waals surface area (Å²) in [4.78, 5) is 13.5. The monoisotopic (exact) mass is 431 g/mol. The van der Waals surface area contributed by atoms with E-state index < -0.39 is 0 Å². The minimum absolute atomic E-state index is 0.0652. The number of fused-ring (bicyclic) bond motifs is 1. The van der Waals surface area contributed by atoms with Gasteiger partial charge in [0.2, 0.25) is 0 Å². The van der Waals surface area contributed by atoms with Crippen LogP contribution >= 0.6 is 0 Å². The lowest BCUT2D eigenvalue weighted by Gasteiger charge is -2.13. The van der Waals surface area contributed by atoms with E-state index in [4.69, 9.17) is 9.47 Å². The number of hydrogen-bond acceptors (Lipinski definition) is 4. The standard InChI is InChI=1S/C26H26N2O4/c1-4-15-32-22-13-8-19(16-23(22)31-3)17-28-24-7-5-6-14-27(24)25(18(2)26(28)30)20-9-11-21(29)12-10-20/h5-14,16H,4,15,17H2,1-3H3/p+1. The van der Waals surface area contributed by atoms with Crippen molar-refractivity contribution in [3.63, 3.8) is 0 Å². The smallest absolute Gasteiger partial charge is 0.341 e. The highest BCUT2D eigenvalue weighted by atomic mass is 16.5. The summed E-state index contributed by atoms with van der Waals surface area (Å²) in [6.07, 6.45) is 2.86. The van der Waals surface area contributed by atoms with Gasteiger partial charge in [-0.15, -0.1) is 0 Å². The molecule has 0 atom stereocenters. The van der Waals surface area contributed by atoms with Crippen LogP contribution in [-0.4, -0.2) is 23.4 Å². The van der Waals surface area contributed by atoms with Gasteiger partial charge in [0.15, 0.2) is 17.2 Å². The molecule has 164 valence electrons. The normalized spacial score (nSPS) is 11.0. The molecular formula is C26H27N2O4+. The Labute approximate surface area is 186 Å². The fourth-order valence-corrected chi connectivity index (χ4v) is 3.88. The van der Waals surface area contributed by atoms with Crippen LogP contribution in [0, 0.1) is 6.92 Å². The predicted molar refractivity (Wildman–Crippen MR) is 124 cm³/mol. The van der Waals surface area contributed by atoms with Crippen molar-refractivity contribution in [2.75, 3.05) is 13.7 Å². The van der Waals surface area contributed by atoms with Gasteiger partial charge in [-0.3, -0.25) is 0 Å². The Morgan fingerprint density at radius 3 is 2.53 bits per heavy atom. The molecule has 0 amide bonds. The molecule has 0 aliphatic rings. The highest BCUT2D eigenvalue weighted by Crippen LogP contribution is 2.29. The summed E-state index contributed by atoms with van der Waals surface area (Å²) in [5, 5.41) is 9.67. The Morgan fingerprint density at radius 2 is 1.81 bits per heavy atom. The number of phenols is 1. The summed E-state index contributed by atoms with van der Waals surface area (Å²) in [7, 11) is 1.62. The lowest BCUT2D eigenvalue weighted by atomic mass is 10.1. The average Bonchev–Trinajstić information content (AvgIpc) is 2.82. The molecule has 4 rings (SSSR count). The summed E-state index contributed by atoms with van der Waals surface area (Å²) in [6.45, 7) is 4.91. The van der Waals surface area contributed by atoms with Crippen molar-refractivity contribution >= 4 is 5.65 Å². The zero-order valence-electron chi connectivity index (χ0n) is 18.5. The van der Waals surface area contributed by atoms with Gasteiger partial charge in [0.05, 0.1) is 25.5 Å². The quantitative estimate of drug-likeness (QED) is 0.447. The zero-order valence-corrected chi connectivity index (χ0v) is 18.5. The van der Waals surface area contributed by atoms with Crippen molar-refractivity contribution < 1.29 is 19.0 Å². The van der Waals surface area contributed by atoms with E-state index in [1.807, 2.05) is 66.1 Å². The molecular weight excluding hydrogens is 404 g/mol. The van der Waals surface area contributed by atoms with Gasteiger partial charge in [0.1, 0.15) is 12.3 Å². The molecule has 1 N–H and O–H groups in total. The van der Waals surface area contributed by atoms with Crippen LogP contribution in [0.2, 0.25) is 0 Å². The fourth-order valence-electron chi connectivity index (χ4n) is 3.88. The van der Waals surface area contributed by atoms with Crippen molar-refractivity contribution in [3.8, 4) is 28.5 Å². The number of rotatable bonds is 7. The number of nitrogens with zero attached hydrogens (tertiary/aromatic N) is 2. The molecule has 0 bridgehead atoms. The van der Waals surface area contributed by atoms with E-state index in [1.165, 1.54) is 0 Å². The van der Waals surface area contributed by atoms with Gasteiger partial charge in [0, 0.05) is 11.6 Å². The van der Waals surface area contributed by atoms with E-state index in [2.05, 4.69) is 6.92 Å². The van der Waals surface area contributed by atoms with Crippen molar-refractivity contribution in [3.05, 3.63) is 88.3 Å². The number of pyridine rings is 1. The highest BCUT2D eigenvalue weighted by molar-refractivity contribution is 5.61. The molecule has 2 aromatic carbocycles. The molecule has 0 saturated carbocycles. The van der Waals surface area contributed by atoms with Crippen LogP contribution in [0.4, 0.5) is 0 Å². The number of phenolic OH excluding ortho intramolecular Hbond substituents is 1. The first-order valence-corrected chi connectivity index (χ1v) is 10.7. The largest absolute Gasteiger partial charge is 0.508 e. The maximum atomic E-state index is 13.5. The van der Waals surface area contributed by atoms with Gasteiger partial charge >= 0.3 is 5.56 Å². The van der Waals surface area contributed by atoms with Crippen LogP contribution in [0.3, 0.4) is 0 Å². The molecule has 6 heteroatoms. The average molecular weight is 432 g/mol. The molecule has 32 heavy (non-hydrogen) atoms. The highest BCUT2D eigenvalue weighted by Gasteiger charge is 2.22. The summed E-state index contributed by atoms with van der Waals surface area (Å²) >= 11 is 0. The van der Waals surface area contributed by atoms with Crippen LogP contribution in [0.1, 0.15) is 24.5 Å². The Hall–Kier alpha value is -3.80. The molecule has 0 unspecified atom stereocenters. The second kappa shape index (κ2) is 9.14. The topological polar surface area (TPSA) is 64.8 Å². The lowest BCUT2D eigenvalue weighted by molar-refractivity contribution is -0.504. The number of benzene rings is 2. The molecule has 0 aliphatic heterocycles. The second-order valence-corrected chi connectivity index (χ2v) is 7.67. The van der Waals surface area contributed by atoms with Crippen molar-refractivity contribution in [2.45, 2.75) is 26.8 Å². The maximum Gasteiger partial charge on any atom is 0.341 e. The lowest BCUT2D eigenvalue weighted by Crippen LogP contribution is -2.38. The number of ether oxygens (including phenoxy) is 2. The first-order valence-electron chi connectivity index (χ1n) is 10.7. The van der Waals surface area contributed by atoms with E-state index >= 15 is 0 Å². The maximum absolute atomic E-state index is 13.5. The first-order chi connectivity index (χ1) is 15.5. The van der Waals surface area contributed by atoms with E-state index in [0.717, 1.165) is 28.9 Å². The summed E-state index contributed by atoms with van der Waals surface area (Å²) in [6, 6.07) is 18.5. The molecule has 0 aliphatic carbocycles. The molecule has 6 nitrogen and oxygen atoms in total. The van der Waals surface area contributed by atoms with E-state index in [1.54, 1.807) is 23.8 Å². The van der Waals surface area contributed by atoms with Gasteiger partial charge < -0.3 is 14.6 Å². The number of aromatic nitrogens is 2. The summed E-state index contributed by atoms with van der Waals surface area (Å²) in [5.74, 6) is 1.54. The molecule has 2 aromatic heterocycles. The van der Waals surface area contributed by atoms with Crippen LogP contribution in [0.25, 0.3) is 16.9 Å². The molecule has 0 spiro atoms. The van der Waals surface area contributed by atoms with Gasteiger partial charge in [0.25, 0.3) is 5.65 Å². The minimum Gasteiger partial charge on any atom is -0.508 e. The van der Waals surface area contributed by atoms with Gasteiger partial charge in [-0.2, -0.15) is 8.97 Å². The third-order valence-electron chi connectivity index (χ3n) is 5.45. The Morgan fingerprint density at radius 1 is 1.03 bits per heavy atom. The number of hydrogen-bond donors (Lipinski definition) is 1. The molecule has 4 aromatic rings. The van der Waals surface area contributed by atoms with Gasteiger partial charge in [-0.1, -0.05) is 19.1 Å².